The van der Waals surface area contributed by atoms with Crippen molar-refractivity contribution in [3.8, 4) is 0 Å². The first-order valence-corrected chi connectivity index (χ1v) is 6.37. The lowest BCUT2D eigenvalue weighted by atomic mass is 10.0. The predicted molar refractivity (Wildman–Crippen MR) is 71.1 cm³/mol. The van der Waals surface area contributed by atoms with E-state index in [1.807, 2.05) is 56.4 Å². The molecule has 0 saturated carbocycles. The molecule has 2 aromatic heterocycles. The van der Waals surface area contributed by atoms with E-state index in [9.17, 15) is 5.11 Å². The van der Waals surface area contributed by atoms with Crippen LogP contribution < -0.4 is 0 Å². The zero-order valence-electron chi connectivity index (χ0n) is 11.2. The molecule has 4 nitrogen and oxygen atoms in total. The third-order valence-corrected chi connectivity index (χ3v) is 3.16. The van der Waals surface area contributed by atoms with Crippen molar-refractivity contribution in [2.75, 3.05) is 0 Å². The molecule has 1 N–H and O–H groups in total. The molecule has 0 aliphatic carbocycles. The summed E-state index contributed by atoms with van der Waals surface area (Å²) in [5.41, 5.74) is 2.23. The van der Waals surface area contributed by atoms with Crippen LogP contribution in [0.5, 0.6) is 0 Å². The Balaban J connectivity index is 1.94. The fraction of sp³-hybridized carbons (Fsp3) is 0.500. The normalized spacial score (nSPS) is 13.2. The molecular weight excluding hydrogens is 226 g/mol. The summed E-state index contributed by atoms with van der Waals surface area (Å²) in [7, 11) is 1.93. The zero-order chi connectivity index (χ0) is 13.1. The van der Waals surface area contributed by atoms with Gasteiger partial charge in [-0.25, -0.2) is 0 Å². The van der Waals surface area contributed by atoms with Gasteiger partial charge in [0, 0.05) is 32.2 Å². The molecule has 2 heterocycles. The van der Waals surface area contributed by atoms with Crippen molar-refractivity contribution in [1.29, 1.82) is 0 Å². The lowest BCUT2D eigenvalue weighted by Gasteiger charge is -2.12. The van der Waals surface area contributed by atoms with E-state index in [4.69, 9.17) is 0 Å². The highest BCUT2D eigenvalue weighted by molar-refractivity contribution is 5.14. The Morgan fingerprint density at radius 1 is 1.33 bits per heavy atom. The third kappa shape index (κ3) is 3.01. The summed E-state index contributed by atoms with van der Waals surface area (Å²) in [5.74, 6) is 0.249. The average Bonchev–Trinajstić information content (AvgIpc) is 2.94. The fourth-order valence-corrected chi connectivity index (χ4v) is 2.02. The summed E-state index contributed by atoms with van der Waals surface area (Å²) in [6.45, 7) is 4.96. The third-order valence-electron chi connectivity index (χ3n) is 3.16. The average molecular weight is 247 g/mol. The van der Waals surface area contributed by atoms with Crippen molar-refractivity contribution < 1.29 is 5.11 Å². The molecule has 2 aromatic rings. The highest BCUT2D eigenvalue weighted by atomic mass is 16.3. The quantitative estimate of drug-likeness (QED) is 0.879. The summed E-state index contributed by atoms with van der Waals surface area (Å²) < 4.78 is 3.94. The molecule has 0 amide bonds. The van der Waals surface area contributed by atoms with Gasteiger partial charge in [-0.1, -0.05) is 13.8 Å². The van der Waals surface area contributed by atoms with Gasteiger partial charge in [0.05, 0.1) is 12.3 Å². The Hall–Kier alpha value is -1.55. The van der Waals surface area contributed by atoms with Gasteiger partial charge in [-0.2, -0.15) is 5.10 Å². The van der Waals surface area contributed by atoms with Crippen molar-refractivity contribution in [3.05, 3.63) is 42.0 Å². The van der Waals surface area contributed by atoms with Crippen molar-refractivity contribution in [1.82, 2.24) is 14.3 Å². The minimum absolute atomic E-state index is 0.249. The van der Waals surface area contributed by atoms with Crippen LogP contribution in [0, 0.1) is 5.92 Å². The van der Waals surface area contributed by atoms with Crippen LogP contribution in [-0.2, 0) is 20.0 Å². The van der Waals surface area contributed by atoms with E-state index >= 15 is 0 Å². The highest BCUT2D eigenvalue weighted by Gasteiger charge is 2.12. The van der Waals surface area contributed by atoms with E-state index in [1.54, 1.807) is 0 Å². The van der Waals surface area contributed by atoms with Gasteiger partial charge >= 0.3 is 0 Å². The van der Waals surface area contributed by atoms with Crippen molar-refractivity contribution in [2.45, 2.75) is 32.9 Å². The second kappa shape index (κ2) is 5.40. The first-order valence-electron chi connectivity index (χ1n) is 6.37. The van der Waals surface area contributed by atoms with Crippen LogP contribution in [0.4, 0.5) is 0 Å². The monoisotopic (exact) mass is 247 g/mol. The number of rotatable bonds is 5. The van der Waals surface area contributed by atoms with E-state index in [-0.39, 0.29) is 12.0 Å². The molecule has 0 aliphatic heterocycles. The minimum Gasteiger partial charge on any atom is -0.388 e. The number of aromatic nitrogens is 3. The molecule has 0 aliphatic rings. The molecule has 0 spiro atoms. The van der Waals surface area contributed by atoms with Gasteiger partial charge in [0.25, 0.3) is 0 Å². The smallest absolute Gasteiger partial charge is 0.0827 e. The van der Waals surface area contributed by atoms with Gasteiger partial charge in [0.2, 0.25) is 0 Å². The standard InChI is InChI=1S/C14H21N3O/c1-11(2)14(18)13-5-7-17(10-13)6-4-12-8-15-16(3)9-12/h5,7-11,14,18H,4,6H2,1-3H3. The van der Waals surface area contributed by atoms with E-state index in [1.165, 1.54) is 5.56 Å². The number of nitrogens with zero attached hydrogens (tertiary/aromatic N) is 3. The fourth-order valence-electron chi connectivity index (χ4n) is 2.02. The largest absolute Gasteiger partial charge is 0.388 e. The molecule has 0 aromatic carbocycles. The second-order valence-corrected chi connectivity index (χ2v) is 5.14. The van der Waals surface area contributed by atoms with Crippen molar-refractivity contribution in [2.24, 2.45) is 13.0 Å². The summed E-state index contributed by atoms with van der Waals surface area (Å²) in [6, 6.07) is 1.99. The number of aliphatic hydroxyl groups is 1. The molecule has 4 heteroatoms. The summed E-state index contributed by atoms with van der Waals surface area (Å²) >= 11 is 0. The van der Waals surface area contributed by atoms with Gasteiger partial charge in [-0.05, 0) is 29.5 Å². The highest BCUT2D eigenvalue weighted by Crippen LogP contribution is 2.21. The lowest BCUT2D eigenvalue weighted by molar-refractivity contribution is 0.127. The number of aryl methyl sites for hydroxylation is 3. The van der Waals surface area contributed by atoms with E-state index < -0.39 is 0 Å². The maximum Gasteiger partial charge on any atom is 0.0827 e. The Kier molecular flexibility index (Phi) is 3.87. The maximum absolute atomic E-state index is 9.97. The van der Waals surface area contributed by atoms with Gasteiger partial charge < -0.3 is 9.67 Å². The molecular formula is C14H21N3O. The van der Waals surface area contributed by atoms with Crippen molar-refractivity contribution >= 4 is 0 Å². The Bertz CT molecular complexity index is 499. The molecule has 2 rings (SSSR count). The van der Waals surface area contributed by atoms with Crippen LogP contribution in [-0.4, -0.2) is 19.5 Å². The molecule has 0 fully saturated rings. The predicted octanol–water partition coefficient (Wildman–Crippen LogP) is 2.15. The molecule has 98 valence electrons. The number of hydrogen-bond acceptors (Lipinski definition) is 2. The SMILES string of the molecule is CC(C)C(O)c1ccn(CCc2cnn(C)c2)c1. The first kappa shape index (κ1) is 12.9. The van der Waals surface area contributed by atoms with E-state index in [0.29, 0.717) is 0 Å². The number of hydrogen-bond donors (Lipinski definition) is 1. The van der Waals surface area contributed by atoms with Crippen LogP contribution >= 0.6 is 0 Å². The molecule has 18 heavy (non-hydrogen) atoms. The van der Waals surface area contributed by atoms with Gasteiger partial charge in [-0.15, -0.1) is 0 Å². The van der Waals surface area contributed by atoms with Gasteiger partial charge in [0.15, 0.2) is 0 Å². The van der Waals surface area contributed by atoms with Crippen molar-refractivity contribution in [3.63, 3.8) is 0 Å². The Morgan fingerprint density at radius 2 is 2.11 bits per heavy atom. The van der Waals surface area contributed by atoms with Crippen LogP contribution in [0.3, 0.4) is 0 Å². The molecule has 1 atom stereocenters. The molecule has 0 radical (unpaired) electrons. The molecule has 0 saturated heterocycles. The van der Waals surface area contributed by atoms with Gasteiger partial charge in [0.1, 0.15) is 0 Å². The van der Waals surface area contributed by atoms with E-state index in [2.05, 4.69) is 9.67 Å². The zero-order valence-corrected chi connectivity index (χ0v) is 11.2. The van der Waals surface area contributed by atoms with Gasteiger partial charge in [-0.3, -0.25) is 4.68 Å². The Labute approximate surface area is 108 Å². The van der Waals surface area contributed by atoms with Crippen LogP contribution in [0.25, 0.3) is 0 Å². The number of aliphatic hydroxyl groups excluding tert-OH is 1. The molecule has 0 bridgehead atoms. The first-order chi connectivity index (χ1) is 8.56. The lowest BCUT2D eigenvalue weighted by Crippen LogP contribution is -2.04. The molecule has 1 unspecified atom stereocenters. The summed E-state index contributed by atoms with van der Waals surface area (Å²) in [6.07, 6.45) is 8.57. The second-order valence-electron chi connectivity index (χ2n) is 5.14. The van der Waals surface area contributed by atoms with E-state index in [0.717, 1.165) is 18.5 Å². The summed E-state index contributed by atoms with van der Waals surface area (Å²) in [5, 5.41) is 14.1. The topological polar surface area (TPSA) is 43.0 Å². The maximum atomic E-state index is 9.97. The van der Waals surface area contributed by atoms with Crippen LogP contribution in [0.1, 0.15) is 31.1 Å². The minimum atomic E-state index is -0.371. The Morgan fingerprint density at radius 3 is 2.72 bits per heavy atom. The van der Waals surface area contributed by atoms with Crippen LogP contribution in [0.15, 0.2) is 30.9 Å². The summed E-state index contributed by atoms with van der Waals surface area (Å²) in [4.78, 5) is 0. The van der Waals surface area contributed by atoms with Crippen LogP contribution in [0.2, 0.25) is 0 Å².